The Morgan fingerprint density at radius 3 is 2.53 bits per heavy atom. The molecule has 1 rings (SSSR count). The lowest BCUT2D eigenvalue weighted by molar-refractivity contribution is 0.0290. The number of rotatable bonds is 0. The van der Waals surface area contributed by atoms with E-state index in [1.165, 1.54) is 4.90 Å². The fraction of sp³-hybridized carbons (Fsp3) is 0.600. The minimum atomic E-state index is -0.567. The lowest BCUT2D eigenvalue weighted by atomic mass is 10.2. The Bertz CT molecular complexity index is 347. The smallest absolute Gasteiger partial charge is 0.411 e. The minimum absolute atomic E-state index is 0.0524. The first-order valence-electron chi connectivity index (χ1n) is 4.62. The topological polar surface area (TPSA) is 73.6 Å². The standard InChI is InChI=1S/C10H14N2O3/c1-10(2,3)15-9(14)12-5-7(4-11)8(13)6-12/h13H,5-6H2,1-3H3. The summed E-state index contributed by atoms with van der Waals surface area (Å²) in [6.07, 6.45) is -0.515. The van der Waals surface area contributed by atoms with Crippen LogP contribution >= 0.6 is 0 Å². The van der Waals surface area contributed by atoms with Gasteiger partial charge in [0.15, 0.2) is 0 Å². The van der Waals surface area contributed by atoms with E-state index >= 15 is 0 Å². The number of hydrogen-bond acceptors (Lipinski definition) is 4. The Hall–Kier alpha value is -1.70. The molecule has 1 amide bonds. The van der Waals surface area contributed by atoms with Gasteiger partial charge in [0.1, 0.15) is 17.4 Å². The van der Waals surface area contributed by atoms with Gasteiger partial charge in [-0.2, -0.15) is 5.26 Å². The van der Waals surface area contributed by atoms with Crippen LogP contribution in [0.3, 0.4) is 0 Å². The van der Waals surface area contributed by atoms with E-state index in [1.54, 1.807) is 20.8 Å². The minimum Gasteiger partial charge on any atom is -0.509 e. The summed E-state index contributed by atoms with van der Waals surface area (Å²) in [5.41, 5.74) is -0.344. The fourth-order valence-electron chi connectivity index (χ4n) is 1.17. The molecule has 1 heterocycles. The van der Waals surface area contributed by atoms with Crippen LogP contribution in [0.15, 0.2) is 11.3 Å². The number of ether oxygens (including phenoxy) is 1. The van der Waals surface area contributed by atoms with E-state index in [-0.39, 0.29) is 24.4 Å². The van der Waals surface area contributed by atoms with Gasteiger partial charge in [0.25, 0.3) is 0 Å². The van der Waals surface area contributed by atoms with Gasteiger partial charge in [-0.3, -0.25) is 4.90 Å². The highest BCUT2D eigenvalue weighted by molar-refractivity contribution is 5.70. The van der Waals surface area contributed by atoms with E-state index in [1.807, 2.05) is 6.07 Å². The summed E-state index contributed by atoms with van der Waals surface area (Å²) >= 11 is 0. The van der Waals surface area contributed by atoms with Crippen LogP contribution in [-0.4, -0.2) is 34.8 Å². The average Bonchev–Trinajstić information content (AvgIpc) is 2.43. The van der Waals surface area contributed by atoms with Crippen LogP contribution in [0, 0.1) is 11.3 Å². The first-order valence-corrected chi connectivity index (χ1v) is 4.62. The largest absolute Gasteiger partial charge is 0.509 e. The van der Waals surface area contributed by atoms with Crippen molar-refractivity contribution in [2.75, 3.05) is 13.1 Å². The van der Waals surface area contributed by atoms with Gasteiger partial charge in [-0.05, 0) is 20.8 Å². The SMILES string of the molecule is CC(C)(C)OC(=O)N1CC(O)=C(C#N)C1. The van der Waals surface area contributed by atoms with Crippen LogP contribution in [0.5, 0.6) is 0 Å². The summed E-state index contributed by atoms with van der Waals surface area (Å²) < 4.78 is 5.10. The van der Waals surface area contributed by atoms with E-state index in [0.717, 1.165) is 0 Å². The Balaban J connectivity index is 2.58. The number of nitriles is 1. The molecule has 0 aromatic rings. The van der Waals surface area contributed by atoms with Crippen LogP contribution in [0.25, 0.3) is 0 Å². The molecule has 0 bridgehead atoms. The Morgan fingerprint density at radius 2 is 2.13 bits per heavy atom. The van der Waals surface area contributed by atoms with E-state index < -0.39 is 11.7 Å². The number of carbonyl (C=O) groups is 1. The number of hydrogen-bond donors (Lipinski definition) is 1. The summed E-state index contributed by atoms with van der Waals surface area (Å²) in [6, 6.07) is 1.84. The van der Waals surface area contributed by atoms with E-state index in [4.69, 9.17) is 10.00 Å². The van der Waals surface area contributed by atoms with Gasteiger partial charge in [-0.1, -0.05) is 0 Å². The molecule has 0 fully saturated rings. The number of nitrogens with zero attached hydrogens (tertiary/aromatic N) is 2. The molecule has 1 aliphatic rings. The summed E-state index contributed by atoms with van der Waals surface area (Å²) in [5, 5.41) is 17.9. The summed E-state index contributed by atoms with van der Waals surface area (Å²) in [7, 11) is 0. The van der Waals surface area contributed by atoms with Crippen LogP contribution in [0.2, 0.25) is 0 Å². The maximum atomic E-state index is 11.5. The van der Waals surface area contributed by atoms with Crippen molar-refractivity contribution in [1.29, 1.82) is 5.26 Å². The average molecular weight is 210 g/mol. The van der Waals surface area contributed by atoms with Crippen molar-refractivity contribution in [3.8, 4) is 6.07 Å². The van der Waals surface area contributed by atoms with Crippen LogP contribution in [-0.2, 0) is 4.74 Å². The van der Waals surface area contributed by atoms with E-state index in [0.29, 0.717) is 0 Å². The summed E-state index contributed by atoms with van der Waals surface area (Å²) in [5.74, 6) is -0.0524. The molecule has 5 nitrogen and oxygen atoms in total. The molecule has 0 atom stereocenters. The molecule has 1 N–H and O–H groups in total. The summed E-state index contributed by atoms with van der Waals surface area (Å²) in [6.45, 7) is 5.47. The molecule has 0 aromatic heterocycles. The maximum Gasteiger partial charge on any atom is 0.411 e. The molecule has 1 aliphatic heterocycles. The van der Waals surface area contributed by atoms with Gasteiger partial charge in [0.05, 0.1) is 18.7 Å². The third-order valence-electron chi connectivity index (χ3n) is 1.82. The lowest BCUT2D eigenvalue weighted by Gasteiger charge is -2.24. The highest BCUT2D eigenvalue weighted by Gasteiger charge is 2.29. The fourth-order valence-corrected chi connectivity index (χ4v) is 1.17. The lowest BCUT2D eigenvalue weighted by Crippen LogP contribution is -2.35. The van der Waals surface area contributed by atoms with Gasteiger partial charge >= 0.3 is 6.09 Å². The Labute approximate surface area is 88.6 Å². The van der Waals surface area contributed by atoms with Crippen molar-refractivity contribution in [3.63, 3.8) is 0 Å². The van der Waals surface area contributed by atoms with Crippen LogP contribution in [0.4, 0.5) is 4.79 Å². The van der Waals surface area contributed by atoms with E-state index in [9.17, 15) is 9.90 Å². The summed E-state index contributed by atoms with van der Waals surface area (Å²) in [4.78, 5) is 12.8. The molecular formula is C10H14N2O3. The third kappa shape index (κ3) is 2.88. The van der Waals surface area contributed by atoms with Crippen molar-refractivity contribution in [2.24, 2.45) is 0 Å². The molecule has 0 saturated carbocycles. The highest BCUT2D eigenvalue weighted by atomic mass is 16.6. The van der Waals surface area contributed by atoms with Crippen molar-refractivity contribution >= 4 is 6.09 Å². The van der Waals surface area contributed by atoms with Crippen LogP contribution in [0.1, 0.15) is 20.8 Å². The third-order valence-corrected chi connectivity index (χ3v) is 1.82. The quantitative estimate of drug-likeness (QED) is 0.658. The first-order chi connectivity index (χ1) is 6.83. The predicted molar refractivity (Wildman–Crippen MR) is 53.1 cm³/mol. The second kappa shape index (κ2) is 3.81. The molecule has 0 spiro atoms. The monoisotopic (exact) mass is 210 g/mol. The molecule has 15 heavy (non-hydrogen) atoms. The Morgan fingerprint density at radius 1 is 1.53 bits per heavy atom. The van der Waals surface area contributed by atoms with Crippen LogP contribution < -0.4 is 0 Å². The predicted octanol–water partition coefficient (Wildman–Crippen LogP) is 1.57. The molecular weight excluding hydrogens is 196 g/mol. The number of aliphatic hydroxyl groups is 1. The zero-order valence-corrected chi connectivity index (χ0v) is 9.07. The van der Waals surface area contributed by atoms with E-state index in [2.05, 4.69) is 0 Å². The maximum absolute atomic E-state index is 11.5. The molecule has 82 valence electrons. The van der Waals surface area contributed by atoms with Gasteiger partial charge in [-0.15, -0.1) is 0 Å². The number of amides is 1. The van der Waals surface area contributed by atoms with Crippen molar-refractivity contribution in [1.82, 2.24) is 4.90 Å². The highest BCUT2D eigenvalue weighted by Crippen LogP contribution is 2.17. The van der Waals surface area contributed by atoms with Gasteiger partial charge < -0.3 is 9.84 Å². The Kier molecular flexibility index (Phi) is 2.89. The molecule has 0 aromatic carbocycles. The van der Waals surface area contributed by atoms with Crippen molar-refractivity contribution < 1.29 is 14.6 Å². The molecule has 0 aliphatic carbocycles. The second-order valence-corrected chi connectivity index (χ2v) is 4.37. The van der Waals surface area contributed by atoms with Crippen molar-refractivity contribution in [2.45, 2.75) is 26.4 Å². The normalized spacial score (nSPS) is 16.5. The first kappa shape index (κ1) is 11.4. The molecule has 0 unspecified atom stereocenters. The zero-order valence-electron chi connectivity index (χ0n) is 9.07. The van der Waals surface area contributed by atoms with Gasteiger partial charge in [-0.25, -0.2) is 4.79 Å². The van der Waals surface area contributed by atoms with Gasteiger partial charge in [0.2, 0.25) is 0 Å². The number of carbonyl (C=O) groups excluding carboxylic acids is 1. The molecule has 0 radical (unpaired) electrons. The van der Waals surface area contributed by atoms with Crippen molar-refractivity contribution in [3.05, 3.63) is 11.3 Å². The molecule has 5 heteroatoms. The van der Waals surface area contributed by atoms with Gasteiger partial charge in [0, 0.05) is 0 Å². The molecule has 0 saturated heterocycles. The number of aliphatic hydroxyl groups excluding tert-OH is 1. The zero-order chi connectivity index (χ0) is 11.6. The second-order valence-electron chi connectivity index (χ2n) is 4.37.